The van der Waals surface area contributed by atoms with Crippen molar-refractivity contribution >= 4 is 17.5 Å². The molecule has 0 radical (unpaired) electrons. The van der Waals surface area contributed by atoms with Crippen LogP contribution in [0.1, 0.15) is 6.92 Å². The van der Waals surface area contributed by atoms with E-state index in [0.717, 1.165) is 0 Å². The van der Waals surface area contributed by atoms with Gasteiger partial charge in [-0.15, -0.1) is 0 Å². The van der Waals surface area contributed by atoms with Crippen molar-refractivity contribution in [1.82, 2.24) is 4.72 Å². The second-order valence-electron chi connectivity index (χ2n) is 1.17. The number of hydrogen-bond donors (Lipinski definition) is 1. The highest BCUT2D eigenvalue weighted by molar-refractivity contribution is 8.10. The van der Waals surface area contributed by atoms with E-state index >= 15 is 0 Å². The van der Waals surface area contributed by atoms with Crippen LogP contribution < -0.4 is 4.72 Å². The van der Waals surface area contributed by atoms with E-state index in [1.54, 1.807) is 11.9 Å². The van der Waals surface area contributed by atoms with Crippen LogP contribution in [0, 0.1) is 0 Å². The molecule has 1 rings (SSSR count). The molecule has 0 aliphatic carbocycles. The molecule has 0 aromatic heterocycles. The Balaban J connectivity index is 2.38. The van der Waals surface area contributed by atoms with Crippen molar-refractivity contribution in [2.24, 2.45) is 4.99 Å². The van der Waals surface area contributed by atoms with E-state index in [4.69, 9.17) is 0 Å². The molecule has 1 heterocycles. The Morgan fingerprint density at radius 2 is 2.83 bits per heavy atom. The van der Waals surface area contributed by atoms with E-state index in [2.05, 4.69) is 9.71 Å². The molecule has 0 bridgehead atoms. The Bertz CT molecular complexity index is 71.2. The minimum absolute atomic E-state index is 0.329. The maximum absolute atomic E-state index is 3.96. The fraction of sp³-hybridized carbons (Fsp3) is 0.667. The smallest absolute Gasteiger partial charge is 0.106 e. The summed E-state index contributed by atoms with van der Waals surface area (Å²) in [6.45, 7) is 2.01. The minimum Gasteiger partial charge on any atom is -0.266 e. The summed E-state index contributed by atoms with van der Waals surface area (Å²) in [6, 6.07) is 0. The van der Waals surface area contributed by atoms with Gasteiger partial charge in [-0.3, -0.25) is 4.99 Å². The maximum Gasteiger partial charge on any atom is 0.106 e. The molecule has 0 fully saturated rings. The van der Waals surface area contributed by atoms with Crippen molar-refractivity contribution < 1.29 is 0 Å². The first-order valence-corrected chi connectivity index (χ1v) is 2.70. The Morgan fingerprint density at radius 1 is 2.00 bits per heavy atom. The van der Waals surface area contributed by atoms with Gasteiger partial charge in [0.15, 0.2) is 0 Å². The summed E-state index contributed by atoms with van der Waals surface area (Å²) in [5.74, 6) is 0. The van der Waals surface area contributed by atoms with Crippen molar-refractivity contribution in [2.75, 3.05) is 0 Å². The first kappa shape index (κ1) is 4.15. The molecule has 1 unspecified atom stereocenters. The van der Waals surface area contributed by atoms with Crippen molar-refractivity contribution in [2.45, 2.75) is 13.1 Å². The predicted octanol–water partition coefficient (Wildman–Crippen LogP) is 0.612. The van der Waals surface area contributed by atoms with E-state index in [1.165, 1.54) is 0 Å². The summed E-state index contributed by atoms with van der Waals surface area (Å²) in [5, 5.41) is 0. The van der Waals surface area contributed by atoms with Gasteiger partial charge >= 0.3 is 0 Å². The van der Waals surface area contributed by atoms with Crippen LogP contribution >= 0.6 is 11.9 Å². The lowest BCUT2D eigenvalue weighted by Crippen LogP contribution is -2.09. The van der Waals surface area contributed by atoms with Gasteiger partial charge in [-0.05, 0) is 18.9 Å². The third-order valence-electron chi connectivity index (χ3n) is 0.576. The molecule has 1 atom stereocenters. The molecule has 0 aromatic rings. The van der Waals surface area contributed by atoms with Crippen LogP contribution in [0.5, 0.6) is 0 Å². The quantitative estimate of drug-likeness (QED) is 0.453. The fourth-order valence-corrected chi connectivity index (χ4v) is 0.843. The summed E-state index contributed by atoms with van der Waals surface area (Å²) in [5.41, 5.74) is 1.81. The van der Waals surface area contributed by atoms with Crippen LogP contribution in [0.3, 0.4) is 0 Å². The Morgan fingerprint density at radius 3 is 3.00 bits per heavy atom. The summed E-state index contributed by atoms with van der Waals surface area (Å²) in [6.07, 6.45) is 0.329. The molecule has 1 N–H and O–H groups in total. The minimum atomic E-state index is 0.329. The largest absolute Gasteiger partial charge is 0.266 e. The van der Waals surface area contributed by atoms with Gasteiger partial charge in [0.1, 0.15) is 6.17 Å². The summed E-state index contributed by atoms with van der Waals surface area (Å²) < 4.78 is 3.01. The normalized spacial score (nSPS) is 31.8. The van der Waals surface area contributed by atoms with Crippen molar-refractivity contribution in [3.63, 3.8) is 0 Å². The zero-order valence-electron chi connectivity index (χ0n) is 3.51. The van der Waals surface area contributed by atoms with Crippen LogP contribution in [0.15, 0.2) is 4.99 Å². The molecule has 1 aliphatic rings. The molecule has 1 aliphatic heterocycles. The van der Waals surface area contributed by atoms with Crippen LogP contribution in [-0.2, 0) is 0 Å². The second-order valence-corrected chi connectivity index (χ2v) is 1.85. The maximum atomic E-state index is 3.96. The standard InChI is InChI=1S/C3H6N2S/c1-3-4-2-6-5-3/h2-3,5H,1H3. The van der Waals surface area contributed by atoms with Gasteiger partial charge in [0.25, 0.3) is 0 Å². The Hall–Kier alpha value is -0.0200. The summed E-state index contributed by atoms with van der Waals surface area (Å²) in [4.78, 5) is 3.96. The van der Waals surface area contributed by atoms with Crippen LogP contribution in [-0.4, -0.2) is 11.7 Å². The Labute approximate surface area is 41.2 Å². The first-order chi connectivity index (χ1) is 2.89. The van der Waals surface area contributed by atoms with Gasteiger partial charge in [0, 0.05) is 0 Å². The van der Waals surface area contributed by atoms with E-state index in [9.17, 15) is 0 Å². The zero-order chi connectivity index (χ0) is 4.41. The van der Waals surface area contributed by atoms with Crippen molar-refractivity contribution in [3.8, 4) is 0 Å². The lowest BCUT2D eigenvalue weighted by molar-refractivity contribution is 0.754. The van der Waals surface area contributed by atoms with Crippen LogP contribution in [0.2, 0.25) is 0 Å². The number of hydrogen-bond acceptors (Lipinski definition) is 3. The van der Waals surface area contributed by atoms with Gasteiger partial charge in [0.05, 0.1) is 5.55 Å². The average Bonchev–Trinajstić information content (AvgIpc) is 1.86. The molecule has 0 aromatic carbocycles. The number of nitrogens with one attached hydrogen (secondary N) is 1. The monoisotopic (exact) mass is 102 g/mol. The molecule has 34 valence electrons. The lowest BCUT2D eigenvalue weighted by atomic mass is 10.6. The number of rotatable bonds is 0. The molecule has 0 amide bonds. The zero-order valence-corrected chi connectivity index (χ0v) is 4.33. The molecular formula is C3H6N2S. The highest BCUT2D eigenvalue weighted by Gasteiger charge is 1.98. The van der Waals surface area contributed by atoms with Gasteiger partial charge in [-0.25, -0.2) is 4.72 Å². The third kappa shape index (κ3) is 0.725. The van der Waals surface area contributed by atoms with Gasteiger partial charge in [-0.1, -0.05) is 0 Å². The van der Waals surface area contributed by atoms with Gasteiger partial charge in [0.2, 0.25) is 0 Å². The highest BCUT2D eigenvalue weighted by Crippen LogP contribution is 2.00. The Kier molecular flexibility index (Phi) is 1.12. The number of nitrogens with zero attached hydrogens (tertiary/aromatic N) is 1. The second kappa shape index (κ2) is 1.62. The topological polar surface area (TPSA) is 24.4 Å². The highest BCUT2D eigenvalue weighted by atomic mass is 32.2. The molecule has 2 nitrogen and oxygen atoms in total. The predicted molar refractivity (Wildman–Crippen MR) is 28.7 cm³/mol. The summed E-state index contributed by atoms with van der Waals surface area (Å²) in [7, 11) is 0. The lowest BCUT2D eigenvalue weighted by Gasteiger charge is -1.91. The fourth-order valence-electron chi connectivity index (χ4n) is 0.281. The number of aliphatic imine (C=N–C) groups is 1. The van der Waals surface area contributed by atoms with Crippen LogP contribution in [0.25, 0.3) is 0 Å². The molecule has 6 heavy (non-hydrogen) atoms. The van der Waals surface area contributed by atoms with E-state index < -0.39 is 0 Å². The molecule has 0 saturated heterocycles. The first-order valence-electron chi connectivity index (χ1n) is 1.82. The van der Waals surface area contributed by atoms with Crippen LogP contribution in [0.4, 0.5) is 0 Å². The van der Waals surface area contributed by atoms with Crippen molar-refractivity contribution in [1.29, 1.82) is 0 Å². The average molecular weight is 102 g/mol. The SMILES string of the molecule is CC1N=CSN1. The third-order valence-corrected chi connectivity index (χ3v) is 1.28. The molecule has 0 saturated carbocycles. The van der Waals surface area contributed by atoms with Crippen molar-refractivity contribution in [3.05, 3.63) is 0 Å². The molecular weight excluding hydrogens is 96.1 g/mol. The molecule has 0 spiro atoms. The van der Waals surface area contributed by atoms with Gasteiger partial charge in [-0.2, -0.15) is 0 Å². The van der Waals surface area contributed by atoms with E-state index in [-0.39, 0.29) is 0 Å². The van der Waals surface area contributed by atoms with E-state index in [1.807, 2.05) is 12.5 Å². The van der Waals surface area contributed by atoms with Gasteiger partial charge < -0.3 is 0 Å². The molecule has 3 heteroatoms. The van der Waals surface area contributed by atoms with E-state index in [0.29, 0.717) is 6.17 Å². The summed E-state index contributed by atoms with van der Waals surface area (Å²) >= 11 is 1.54.